The Morgan fingerprint density at radius 3 is 2.36 bits per heavy atom. The number of thiocarbonyl (C=S) groups is 1. The first kappa shape index (κ1) is 8.30. The molecule has 0 bridgehead atoms. The molecule has 0 atom stereocenters. The van der Waals surface area contributed by atoms with E-state index in [4.69, 9.17) is 22.1 Å². The zero-order valence-corrected chi connectivity index (χ0v) is 7.15. The Bertz CT molecular complexity index is 260. The SMILES string of the molecule is NC(=S)Oc1ccc(Cl)cc1. The maximum atomic E-state index is 5.63. The second-order valence-electron chi connectivity index (χ2n) is 1.88. The lowest BCUT2D eigenvalue weighted by Gasteiger charge is -2.00. The summed E-state index contributed by atoms with van der Waals surface area (Å²) in [4.78, 5) is 0. The molecule has 0 amide bonds. The minimum Gasteiger partial charge on any atom is -0.432 e. The molecule has 1 aromatic carbocycles. The molecule has 4 heteroatoms. The van der Waals surface area contributed by atoms with E-state index in [0.29, 0.717) is 10.8 Å². The summed E-state index contributed by atoms with van der Waals surface area (Å²) in [5.74, 6) is 0.599. The van der Waals surface area contributed by atoms with E-state index in [1.807, 2.05) is 0 Å². The van der Waals surface area contributed by atoms with Crippen LogP contribution in [0.3, 0.4) is 0 Å². The topological polar surface area (TPSA) is 35.2 Å². The van der Waals surface area contributed by atoms with Crippen LogP contribution in [0.2, 0.25) is 5.02 Å². The summed E-state index contributed by atoms with van der Waals surface area (Å²) in [6, 6.07) is 6.80. The Balaban J connectivity index is 2.74. The van der Waals surface area contributed by atoms with Gasteiger partial charge in [-0.15, -0.1) is 0 Å². The standard InChI is InChI=1S/C7H6ClNOS/c8-5-1-3-6(4-2-5)10-7(9)11/h1-4H,(H2,9,11). The van der Waals surface area contributed by atoms with Gasteiger partial charge in [-0.2, -0.15) is 0 Å². The Labute approximate surface area is 74.9 Å². The van der Waals surface area contributed by atoms with Crippen molar-refractivity contribution >= 4 is 29.0 Å². The molecule has 0 unspecified atom stereocenters. The highest BCUT2D eigenvalue weighted by molar-refractivity contribution is 7.80. The van der Waals surface area contributed by atoms with Crippen molar-refractivity contribution in [3.05, 3.63) is 29.3 Å². The van der Waals surface area contributed by atoms with Gasteiger partial charge in [0.2, 0.25) is 0 Å². The molecule has 2 nitrogen and oxygen atoms in total. The Morgan fingerprint density at radius 1 is 1.36 bits per heavy atom. The van der Waals surface area contributed by atoms with Crippen molar-refractivity contribution in [2.75, 3.05) is 0 Å². The number of hydrogen-bond donors (Lipinski definition) is 1. The highest BCUT2D eigenvalue weighted by Crippen LogP contribution is 2.15. The van der Waals surface area contributed by atoms with Gasteiger partial charge in [0.1, 0.15) is 5.75 Å². The fourth-order valence-electron chi connectivity index (χ4n) is 0.619. The summed E-state index contributed by atoms with van der Waals surface area (Å²) in [6.45, 7) is 0. The van der Waals surface area contributed by atoms with E-state index < -0.39 is 0 Å². The molecule has 0 saturated carbocycles. The third-order valence-corrected chi connectivity index (χ3v) is 1.37. The zero-order chi connectivity index (χ0) is 8.27. The third-order valence-electron chi connectivity index (χ3n) is 1.03. The van der Waals surface area contributed by atoms with Crippen LogP contribution in [0.4, 0.5) is 0 Å². The molecule has 0 aliphatic heterocycles. The average molecular weight is 188 g/mol. The molecule has 0 heterocycles. The highest BCUT2D eigenvalue weighted by atomic mass is 35.5. The summed E-state index contributed by atoms with van der Waals surface area (Å²) in [5.41, 5.74) is 5.14. The van der Waals surface area contributed by atoms with E-state index in [1.54, 1.807) is 24.3 Å². The number of halogens is 1. The molecule has 2 N–H and O–H groups in total. The van der Waals surface area contributed by atoms with Crippen molar-refractivity contribution in [3.8, 4) is 5.75 Å². The second-order valence-corrected chi connectivity index (χ2v) is 2.71. The van der Waals surface area contributed by atoms with Crippen LogP contribution in [0.5, 0.6) is 5.75 Å². The average Bonchev–Trinajstić information content (AvgIpc) is 1.93. The Morgan fingerprint density at radius 2 is 1.91 bits per heavy atom. The summed E-state index contributed by atoms with van der Waals surface area (Å²) in [5, 5.41) is 0.660. The first-order valence-corrected chi connectivity index (χ1v) is 3.70. The van der Waals surface area contributed by atoms with Crippen molar-refractivity contribution < 1.29 is 4.74 Å². The summed E-state index contributed by atoms with van der Waals surface area (Å²) in [7, 11) is 0. The van der Waals surface area contributed by atoms with Gasteiger partial charge >= 0.3 is 0 Å². The van der Waals surface area contributed by atoms with E-state index in [-0.39, 0.29) is 5.17 Å². The van der Waals surface area contributed by atoms with Crippen LogP contribution in [0.15, 0.2) is 24.3 Å². The maximum absolute atomic E-state index is 5.63. The van der Waals surface area contributed by atoms with Crippen LogP contribution in [-0.4, -0.2) is 5.17 Å². The van der Waals surface area contributed by atoms with Gasteiger partial charge in [0, 0.05) is 5.02 Å². The zero-order valence-electron chi connectivity index (χ0n) is 5.58. The molecule has 0 aromatic heterocycles. The summed E-state index contributed by atoms with van der Waals surface area (Å²) < 4.78 is 4.92. The molecule has 11 heavy (non-hydrogen) atoms. The Hall–Kier alpha value is -0.800. The third kappa shape index (κ3) is 2.74. The van der Waals surface area contributed by atoms with Crippen LogP contribution in [0.25, 0.3) is 0 Å². The Kier molecular flexibility index (Phi) is 2.68. The predicted molar refractivity (Wildman–Crippen MR) is 48.9 cm³/mol. The van der Waals surface area contributed by atoms with E-state index in [1.165, 1.54) is 0 Å². The van der Waals surface area contributed by atoms with E-state index in [0.717, 1.165) is 0 Å². The lowest BCUT2D eigenvalue weighted by molar-refractivity contribution is 0.557. The van der Waals surface area contributed by atoms with E-state index in [9.17, 15) is 0 Å². The van der Waals surface area contributed by atoms with Gasteiger partial charge in [-0.25, -0.2) is 0 Å². The number of ether oxygens (including phenoxy) is 1. The van der Waals surface area contributed by atoms with Gasteiger partial charge in [0.05, 0.1) is 0 Å². The van der Waals surface area contributed by atoms with Crippen molar-refractivity contribution in [1.82, 2.24) is 0 Å². The molecule has 1 aromatic rings. The molecule has 0 radical (unpaired) electrons. The quantitative estimate of drug-likeness (QED) is 0.683. The lowest BCUT2D eigenvalue weighted by Crippen LogP contribution is -2.15. The minimum absolute atomic E-state index is 0.00678. The van der Waals surface area contributed by atoms with Crippen molar-refractivity contribution in [2.24, 2.45) is 5.73 Å². The summed E-state index contributed by atoms with van der Waals surface area (Å²) >= 11 is 10.2. The number of nitrogens with two attached hydrogens (primary N) is 1. The van der Waals surface area contributed by atoms with Gasteiger partial charge in [-0.05, 0) is 36.5 Å². The number of benzene rings is 1. The van der Waals surface area contributed by atoms with Gasteiger partial charge in [0.15, 0.2) is 0 Å². The van der Waals surface area contributed by atoms with E-state index in [2.05, 4.69) is 12.2 Å². The van der Waals surface area contributed by atoms with Crippen LogP contribution < -0.4 is 10.5 Å². The minimum atomic E-state index is 0.00678. The van der Waals surface area contributed by atoms with Crippen LogP contribution >= 0.6 is 23.8 Å². The van der Waals surface area contributed by atoms with Crippen molar-refractivity contribution in [1.29, 1.82) is 0 Å². The van der Waals surface area contributed by atoms with Gasteiger partial charge in [-0.1, -0.05) is 11.6 Å². The van der Waals surface area contributed by atoms with Gasteiger partial charge in [0.25, 0.3) is 5.17 Å². The molecule has 0 aliphatic carbocycles. The van der Waals surface area contributed by atoms with Crippen LogP contribution in [0.1, 0.15) is 0 Å². The summed E-state index contributed by atoms with van der Waals surface area (Å²) in [6.07, 6.45) is 0. The van der Waals surface area contributed by atoms with Crippen LogP contribution in [0, 0.1) is 0 Å². The molecule has 0 spiro atoms. The monoisotopic (exact) mass is 187 g/mol. The fraction of sp³-hybridized carbons (Fsp3) is 0. The first-order valence-electron chi connectivity index (χ1n) is 2.91. The smallest absolute Gasteiger partial charge is 0.259 e. The number of hydrogen-bond acceptors (Lipinski definition) is 2. The fourth-order valence-corrected chi connectivity index (χ4v) is 0.841. The van der Waals surface area contributed by atoms with Gasteiger partial charge < -0.3 is 10.5 Å². The van der Waals surface area contributed by atoms with Crippen molar-refractivity contribution in [3.63, 3.8) is 0 Å². The lowest BCUT2D eigenvalue weighted by atomic mass is 10.3. The largest absolute Gasteiger partial charge is 0.432 e. The predicted octanol–water partition coefficient (Wildman–Crippen LogP) is 1.96. The van der Waals surface area contributed by atoms with Gasteiger partial charge in [-0.3, -0.25) is 0 Å². The number of rotatable bonds is 1. The molecule has 0 aliphatic rings. The highest BCUT2D eigenvalue weighted by Gasteiger charge is 1.93. The molecule has 58 valence electrons. The van der Waals surface area contributed by atoms with Crippen molar-refractivity contribution in [2.45, 2.75) is 0 Å². The normalized spacial score (nSPS) is 9.18. The molecular formula is C7H6ClNOS. The molecular weight excluding hydrogens is 182 g/mol. The molecule has 1 rings (SSSR count). The van der Waals surface area contributed by atoms with Crippen LogP contribution in [-0.2, 0) is 0 Å². The second kappa shape index (κ2) is 3.55. The molecule has 0 fully saturated rings. The molecule has 0 saturated heterocycles. The first-order chi connectivity index (χ1) is 5.18. The van der Waals surface area contributed by atoms with E-state index >= 15 is 0 Å². The maximum Gasteiger partial charge on any atom is 0.259 e.